The number of carbonyl (C=O) groups is 1. The van der Waals surface area contributed by atoms with Crippen LogP contribution in [0.5, 0.6) is 11.5 Å². The maximum absolute atomic E-state index is 13.0. The Morgan fingerprint density at radius 2 is 1.86 bits per heavy atom. The molecule has 1 unspecified atom stereocenters. The van der Waals surface area contributed by atoms with Gasteiger partial charge < -0.3 is 20.1 Å². The van der Waals surface area contributed by atoms with E-state index in [4.69, 9.17) is 9.47 Å². The number of amides is 1. The molecule has 1 amide bonds. The second kappa shape index (κ2) is 8.22. The topological polar surface area (TPSA) is 83.4 Å². The molecule has 3 atom stereocenters. The Balaban J connectivity index is 1.46. The van der Waals surface area contributed by atoms with Crippen LogP contribution in [0.2, 0.25) is 0 Å². The van der Waals surface area contributed by atoms with E-state index < -0.39 is 6.04 Å². The van der Waals surface area contributed by atoms with Crippen LogP contribution >= 0.6 is 0 Å². The average molecular weight is 377 g/mol. The fourth-order valence-electron chi connectivity index (χ4n) is 3.90. The lowest BCUT2D eigenvalue weighted by molar-refractivity contribution is -0.126. The Morgan fingerprint density at radius 1 is 1.07 bits per heavy atom. The van der Waals surface area contributed by atoms with Gasteiger partial charge in [-0.2, -0.15) is 5.26 Å². The van der Waals surface area contributed by atoms with Crippen molar-refractivity contribution in [3.8, 4) is 17.6 Å². The van der Waals surface area contributed by atoms with Crippen molar-refractivity contribution in [1.82, 2.24) is 5.32 Å². The Morgan fingerprint density at radius 3 is 2.68 bits per heavy atom. The van der Waals surface area contributed by atoms with E-state index in [9.17, 15) is 10.1 Å². The molecule has 1 fully saturated rings. The first kappa shape index (κ1) is 18.2. The molecule has 2 aromatic carbocycles. The zero-order valence-electron chi connectivity index (χ0n) is 15.6. The van der Waals surface area contributed by atoms with Crippen molar-refractivity contribution in [3.63, 3.8) is 0 Å². The van der Waals surface area contributed by atoms with Crippen molar-refractivity contribution < 1.29 is 14.3 Å². The third-order valence-corrected chi connectivity index (χ3v) is 5.37. The standard InChI is InChI=1S/C22H23N3O3/c23-13-19(15-10-11-20-21(12-15)28-14-27-20)25-22(26)17-8-4-5-9-18(17)24-16-6-2-1-3-7-16/h1-3,6-7,10-12,17-19,24H,4-5,8-9,14H2,(H,25,26)/t17-,18+,19?/m1/s1. The van der Waals surface area contributed by atoms with Crippen LogP contribution in [0.3, 0.4) is 0 Å². The van der Waals surface area contributed by atoms with Crippen molar-refractivity contribution in [3.05, 3.63) is 54.1 Å². The number of benzene rings is 2. The number of hydrogen-bond acceptors (Lipinski definition) is 5. The number of nitriles is 1. The first-order valence-corrected chi connectivity index (χ1v) is 9.66. The summed E-state index contributed by atoms with van der Waals surface area (Å²) >= 11 is 0. The summed E-state index contributed by atoms with van der Waals surface area (Å²) in [5, 5.41) is 16.0. The molecule has 2 aliphatic rings. The van der Waals surface area contributed by atoms with E-state index in [0.29, 0.717) is 17.1 Å². The van der Waals surface area contributed by atoms with Gasteiger partial charge in [0.1, 0.15) is 6.04 Å². The Hall–Kier alpha value is -3.20. The molecule has 0 aromatic heterocycles. The number of nitrogens with zero attached hydrogens (tertiary/aromatic N) is 1. The number of nitrogens with one attached hydrogen (secondary N) is 2. The van der Waals surface area contributed by atoms with Crippen LogP contribution in [0.15, 0.2) is 48.5 Å². The third-order valence-electron chi connectivity index (χ3n) is 5.37. The van der Waals surface area contributed by atoms with Crippen LogP contribution in [0.1, 0.15) is 37.3 Å². The van der Waals surface area contributed by atoms with E-state index in [2.05, 4.69) is 16.7 Å². The van der Waals surface area contributed by atoms with Gasteiger partial charge in [-0.15, -0.1) is 0 Å². The summed E-state index contributed by atoms with van der Waals surface area (Å²) in [6.45, 7) is 0.178. The van der Waals surface area contributed by atoms with Gasteiger partial charge in [-0.3, -0.25) is 4.79 Å². The quantitative estimate of drug-likeness (QED) is 0.829. The normalized spacial score (nSPS) is 21.4. The summed E-state index contributed by atoms with van der Waals surface area (Å²) in [5.41, 5.74) is 1.71. The van der Waals surface area contributed by atoms with Gasteiger partial charge in [0.2, 0.25) is 12.7 Å². The molecule has 1 heterocycles. The Labute approximate surface area is 164 Å². The largest absolute Gasteiger partial charge is 0.454 e. The van der Waals surface area contributed by atoms with Crippen LogP contribution in [-0.4, -0.2) is 18.7 Å². The lowest BCUT2D eigenvalue weighted by Gasteiger charge is -2.32. The van der Waals surface area contributed by atoms with Gasteiger partial charge in [-0.25, -0.2) is 0 Å². The summed E-state index contributed by atoms with van der Waals surface area (Å²) in [4.78, 5) is 13.0. The molecule has 144 valence electrons. The maximum Gasteiger partial charge on any atom is 0.231 e. The highest BCUT2D eigenvalue weighted by Crippen LogP contribution is 2.34. The molecule has 1 aliphatic carbocycles. The predicted octanol–water partition coefficient (Wildman–Crippen LogP) is 3.77. The minimum Gasteiger partial charge on any atom is -0.454 e. The molecule has 1 saturated carbocycles. The van der Waals surface area contributed by atoms with E-state index in [1.54, 1.807) is 18.2 Å². The van der Waals surface area contributed by atoms with Gasteiger partial charge in [0, 0.05) is 11.7 Å². The number of anilines is 1. The molecule has 28 heavy (non-hydrogen) atoms. The summed E-state index contributed by atoms with van der Waals surface area (Å²) in [5.74, 6) is 1.01. The molecule has 0 radical (unpaired) electrons. The summed E-state index contributed by atoms with van der Waals surface area (Å²) in [7, 11) is 0. The van der Waals surface area contributed by atoms with E-state index in [1.807, 2.05) is 30.3 Å². The van der Waals surface area contributed by atoms with E-state index in [-0.39, 0.29) is 24.7 Å². The second-order valence-electron chi connectivity index (χ2n) is 7.19. The average Bonchev–Trinajstić information content (AvgIpc) is 3.21. The Bertz CT molecular complexity index is 878. The molecule has 4 rings (SSSR count). The van der Waals surface area contributed by atoms with Gasteiger partial charge in [-0.05, 0) is 42.7 Å². The van der Waals surface area contributed by atoms with Crippen LogP contribution in [0.4, 0.5) is 5.69 Å². The molecule has 0 bridgehead atoms. The first-order chi connectivity index (χ1) is 13.7. The molecule has 6 heteroatoms. The van der Waals surface area contributed by atoms with Gasteiger partial charge in [-0.1, -0.05) is 37.1 Å². The number of para-hydroxylation sites is 1. The summed E-state index contributed by atoms with van der Waals surface area (Å²) in [6, 6.07) is 16.8. The summed E-state index contributed by atoms with van der Waals surface area (Å²) in [6.07, 6.45) is 3.87. The molecule has 1 aliphatic heterocycles. The fourth-order valence-corrected chi connectivity index (χ4v) is 3.90. The number of hydrogen-bond donors (Lipinski definition) is 2. The van der Waals surface area contributed by atoms with E-state index in [0.717, 1.165) is 31.4 Å². The minimum atomic E-state index is -0.721. The molecule has 2 N–H and O–H groups in total. The van der Waals surface area contributed by atoms with Crippen LogP contribution in [0, 0.1) is 17.2 Å². The number of fused-ring (bicyclic) bond motifs is 1. The number of ether oxygens (including phenoxy) is 2. The molecular weight excluding hydrogens is 354 g/mol. The van der Waals surface area contributed by atoms with E-state index in [1.165, 1.54) is 0 Å². The molecule has 0 spiro atoms. The number of carbonyl (C=O) groups excluding carboxylic acids is 1. The highest BCUT2D eigenvalue weighted by molar-refractivity contribution is 5.81. The summed E-state index contributed by atoms with van der Waals surface area (Å²) < 4.78 is 10.7. The minimum absolute atomic E-state index is 0.0623. The van der Waals surface area contributed by atoms with Crippen LogP contribution < -0.4 is 20.1 Å². The maximum atomic E-state index is 13.0. The number of rotatable bonds is 5. The van der Waals surface area contributed by atoms with Gasteiger partial charge in [0.15, 0.2) is 11.5 Å². The van der Waals surface area contributed by atoms with Gasteiger partial charge in [0.05, 0.1) is 12.0 Å². The second-order valence-corrected chi connectivity index (χ2v) is 7.19. The van der Waals surface area contributed by atoms with Crippen LogP contribution in [0.25, 0.3) is 0 Å². The lowest BCUT2D eigenvalue weighted by Crippen LogP contribution is -2.43. The smallest absolute Gasteiger partial charge is 0.231 e. The fraction of sp³-hybridized carbons (Fsp3) is 0.364. The monoisotopic (exact) mass is 377 g/mol. The lowest BCUT2D eigenvalue weighted by atomic mass is 9.83. The van der Waals surface area contributed by atoms with Crippen molar-refractivity contribution in [2.75, 3.05) is 12.1 Å². The molecular formula is C22H23N3O3. The zero-order valence-corrected chi connectivity index (χ0v) is 15.6. The van der Waals surface area contributed by atoms with Crippen molar-refractivity contribution in [2.45, 2.75) is 37.8 Å². The molecule has 2 aromatic rings. The SMILES string of the molecule is N#CC(NC(=O)[C@@H]1CCCC[C@@H]1Nc1ccccc1)c1ccc2c(c1)OCO2. The van der Waals surface area contributed by atoms with Crippen LogP contribution in [-0.2, 0) is 4.79 Å². The highest BCUT2D eigenvalue weighted by Gasteiger charge is 2.32. The van der Waals surface area contributed by atoms with E-state index >= 15 is 0 Å². The third kappa shape index (κ3) is 3.89. The van der Waals surface area contributed by atoms with Gasteiger partial charge in [0.25, 0.3) is 0 Å². The highest BCUT2D eigenvalue weighted by atomic mass is 16.7. The van der Waals surface area contributed by atoms with Crippen molar-refractivity contribution in [2.24, 2.45) is 5.92 Å². The first-order valence-electron chi connectivity index (χ1n) is 9.66. The molecule has 6 nitrogen and oxygen atoms in total. The van der Waals surface area contributed by atoms with Gasteiger partial charge >= 0.3 is 0 Å². The zero-order chi connectivity index (χ0) is 19.3. The van der Waals surface area contributed by atoms with Crippen molar-refractivity contribution >= 4 is 11.6 Å². The van der Waals surface area contributed by atoms with Crippen molar-refractivity contribution in [1.29, 1.82) is 5.26 Å². The Kier molecular flexibility index (Phi) is 5.34. The molecule has 0 saturated heterocycles. The predicted molar refractivity (Wildman–Crippen MR) is 105 cm³/mol.